The first-order chi connectivity index (χ1) is 8.16. The van der Waals surface area contributed by atoms with Gasteiger partial charge < -0.3 is 10.4 Å². The molecule has 0 radical (unpaired) electrons. The fourth-order valence-corrected chi connectivity index (χ4v) is 1.81. The van der Waals surface area contributed by atoms with E-state index in [-0.39, 0.29) is 24.5 Å². The molecule has 110 valence electrons. The SMILES string of the molecule is CC(CCCC(F)(F)F)NCC(C)(C)CCCO. The quantitative estimate of drug-likeness (QED) is 0.671. The van der Waals surface area contributed by atoms with Crippen LogP contribution in [-0.2, 0) is 0 Å². The summed E-state index contributed by atoms with van der Waals surface area (Å²) in [4.78, 5) is 0. The van der Waals surface area contributed by atoms with Gasteiger partial charge in [-0.3, -0.25) is 0 Å². The number of aliphatic hydroxyl groups excluding tert-OH is 1. The number of hydrogen-bond acceptors (Lipinski definition) is 2. The maximum absolute atomic E-state index is 12.0. The molecule has 0 aromatic heterocycles. The van der Waals surface area contributed by atoms with Gasteiger partial charge in [-0.15, -0.1) is 0 Å². The highest BCUT2D eigenvalue weighted by Gasteiger charge is 2.26. The zero-order chi connectivity index (χ0) is 14.2. The average molecular weight is 269 g/mol. The molecule has 1 atom stereocenters. The maximum atomic E-state index is 12.0. The van der Waals surface area contributed by atoms with E-state index in [1.807, 2.05) is 6.92 Å². The third-order valence-corrected chi connectivity index (χ3v) is 3.04. The first kappa shape index (κ1) is 17.7. The van der Waals surface area contributed by atoms with Crippen LogP contribution in [0, 0.1) is 5.41 Å². The van der Waals surface area contributed by atoms with Gasteiger partial charge in [0.2, 0.25) is 0 Å². The Morgan fingerprint density at radius 3 is 2.22 bits per heavy atom. The van der Waals surface area contributed by atoms with Crippen LogP contribution >= 0.6 is 0 Å². The topological polar surface area (TPSA) is 32.3 Å². The molecule has 0 saturated carbocycles. The van der Waals surface area contributed by atoms with E-state index >= 15 is 0 Å². The maximum Gasteiger partial charge on any atom is 0.389 e. The van der Waals surface area contributed by atoms with Gasteiger partial charge in [-0.05, 0) is 38.0 Å². The molecule has 0 aliphatic carbocycles. The molecule has 5 heteroatoms. The molecule has 0 fully saturated rings. The molecule has 2 nitrogen and oxygen atoms in total. The molecule has 0 spiro atoms. The highest BCUT2D eigenvalue weighted by molar-refractivity contribution is 4.74. The highest BCUT2D eigenvalue weighted by Crippen LogP contribution is 2.23. The number of hydrogen-bond donors (Lipinski definition) is 2. The molecule has 0 aliphatic heterocycles. The molecule has 0 aromatic carbocycles. The Bertz CT molecular complexity index is 217. The van der Waals surface area contributed by atoms with Crippen LogP contribution in [0.25, 0.3) is 0 Å². The molecular formula is C13H26F3NO. The van der Waals surface area contributed by atoms with Crippen molar-refractivity contribution < 1.29 is 18.3 Å². The predicted molar refractivity (Wildman–Crippen MR) is 67.5 cm³/mol. The van der Waals surface area contributed by atoms with Gasteiger partial charge in [0.05, 0.1) is 0 Å². The average Bonchev–Trinajstić information content (AvgIpc) is 2.22. The third-order valence-electron chi connectivity index (χ3n) is 3.04. The summed E-state index contributed by atoms with van der Waals surface area (Å²) in [5.41, 5.74) is 0.0705. The van der Waals surface area contributed by atoms with Crippen molar-refractivity contribution in [3.8, 4) is 0 Å². The van der Waals surface area contributed by atoms with Gasteiger partial charge in [0.25, 0.3) is 0 Å². The lowest BCUT2D eigenvalue weighted by molar-refractivity contribution is -0.135. The molecule has 2 N–H and O–H groups in total. The van der Waals surface area contributed by atoms with Crippen molar-refractivity contribution in [2.75, 3.05) is 13.2 Å². The summed E-state index contributed by atoms with van der Waals surface area (Å²) >= 11 is 0. The first-order valence-corrected chi connectivity index (χ1v) is 6.57. The van der Waals surface area contributed by atoms with E-state index < -0.39 is 12.6 Å². The summed E-state index contributed by atoms with van der Waals surface area (Å²) in [5, 5.41) is 12.0. The molecule has 1 unspecified atom stereocenters. The molecule has 0 rings (SSSR count). The van der Waals surface area contributed by atoms with Crippen LogP contribution in [0.15, 0.2) is 0 Å². The van der Waals surface area contributed by atoms with Gasteiger partial charge in [0.15, 0.2) is 0 Å². The van der Waals surface area contributed by atoms with Crippen LogP contribution in [0.2, 0.25) is 0 Å². The van der Waals surface area contributed by atoms with Crippen molar-refractivity contribution in [1.29, 1.82) is 0 Å². The van der Waals surface area contributed by atoms with Gasteiger partial charge in [-0.2, -0.15) is 13.2 Å². The van der Waals surface area contributed by atoms with Gasteiger partial charge in [0.1, 0.15) is 0 Å². The minimum Gasteiger partial charge on any atom is -0.396 e. The Balaban J connectivity index is 3.72. The molecule has 0 heterocycles. The summed E-state index contributed by atoms with van der Waals surface area (Å²) in [6, 6.07) is 0.0979. The van der Waals surface area contributed by atoms with Crippen molar-refractivity contribution in [3.63, 3.8) is 0 Å². The largest absolute Gasteiger partial charge is 0.396 e. The summed E-state index contributed by atoms with van der Waals surface area (Å²) in [6.45, 7) is 7.05. The van der Waals surface area contributed by atoms with Crippen LogP contribution in [0.3, 0.4) is 0 Å². The van der Waals surface area contributed by atoms with Gasteiger partial charge in [-0.1, -0.05) is 13.8 Å². The van der Waals surface area contributed by atoms with Crippen LogP contribution < -0.4 is 5.32 Å². The van der Waals surface area contributed by atoms with Crippen LogP contribution in [0.5, 0.6) is 0 Å². The van der Waals surface area contributed by atoms with E-state index in [2.05, 4.69) is 19.2 Å². The fourth-order valence-electron chi connectivity index (χ4n) is 1.81. The van der Waals surface area contributed by atoms with Crippen molar-refractivity contribution in [2.24, 2.45) is 5.41 Å². The lowest BCUT2D eigenvalue weighted by Crippen LogP contribution is -2.35. The minimum atomic E-state index is -4.04. The van der Waals surface area contributed by atoms with E-state index in [0.29, 0.717) is 6.42 Å². The molecule has 0 aromatic rings. The zero-order valence-electron chi connectivity index (χ0n) is 11.6. The molecule has 18 heavy (non-hydrogen) atoms. The summed E-state index contributed by atoms with van der Waals surface area (Å²) in [6.07, 6.45) is -2.36. The van der Waals surface area contributed by atoms with Crippen molar-refractivity contribution in [1.82, 2.24) is 5.32 Å². The fraction of sp³-hybridized carbons (Fsp3) is 1.00. The summed E-state index contributed by atoms with van der Waals surface area (Å²) in [5.74, 6) is 0. The number of rotatable bonds is 9. The smallest absolute Gasteiger partial charge is 0.389 e. The predicted octanol–water partition coefficient (Wildman–Crippen LogP) is 3.50. The molecule has 0 saturated heterocycles. The number of alkyl halides is 3. The first-order valence-electron chi connectivity index (χ1n) is 6.57. The van der Waals surface area contributed by atoms with Crippen molar-refractivity contribution in [3.05, 3.63) is 0 Å². The van der Waals surface area contributed by atoms with Gasteiger partial charge >= 0.3 is 6.18 Å². The van der Waals surface area contributed by atoms with E-state index in [4.69, 9.17) is 5.11 Å². The number of aliphatic hydroxyl groups is 1. The monoisotopic (exact) mass is 269 g/mol. The van der Waals surface area contributed by atoms with Crippen molar-refractivity contribution >= 4 is 0 Å². The Hall–Kier alpha value is -0.290. The van der Waals surface area contributed by atoms with Gasteiger partial charge in [-0.25, -0.2) is 0 Å². The summed E-state index contributed by atoms with van der Waals surface area (Å²) in [7, 11) is 0. The molecule has 0 amide bonds. The normalized spacial score (nSPS) is 14.8. The second-order valence-electron chi connectivity index (χ2n) is 5.78. The third kappa shape index (κ3) is 10.8. The summed E-state index contributed by atoms with van der Waals surface area (Å²) < 4.78 is 35.9. The lowest BCUT2D eigenvalue weighted by atomic mass is 9.87. The Morgan fingerprint density at radius 1 is 1.11 bits per heavy atom. The zero-order valence-corrected chi connectivity index (χ0v) is 11.6. The van der Waals surface area contributed by atoms with Crippen LogP contribution in [0.1, 0.15) is 52.9 Å². The highest BCUT2D eigenvalue weighted by atomic mass is 19.4. The Morgan fingerprint density at radius 2 is 1.72 bits per heavy atom. The standard InChI is InChI=1S/C13H26F3NO/c1-11(6-4-8-13(14,15)16)17-10-12(2,3)7-5-9-18/h11,17-18H,4-10H2,1-3H3. The Kier molecular flexibility index (Phi) is 7.87. The second-order valence-corrected chi connectivity index (χ2v) is 5.78. The van der Waals surface area contributed by atoms with E-state index in [1.54, 1.807) is 0 Å². The lowest BCUT2D eigenvalue weighted by Gasteiger charge is -2.27. The van der Waals surface area contributed by atoms with Crippen LogP contribution in [-0.4, -0.2) is 30.5 Å². The number of halogens is 3. The number of nitrogens with one attached hydrogen (secondary N) is 1. The molecule has 0 aliphatic rings. The Labute approximate surface area is 108 Å². The molecule has 0 bridgehead atoms. The second kappa shape index (κ2) is 8.00. The minimum absolute atomic E-state index is 0.0705. The van der Waals surface area contributed by atoms with E-state index in [0.717, 1.165) is 19.4 Å². The van der Waals surface area contributed by atoms with E-state index in [1.165, 1.54) is 0 Å². The van der Waals surface area contributed by atoms with Crippen LogP contribution in [0.4, 0.5) is 13.2 Å². The molecular weight excluding hydrogens is 243 g/mol. The van der Waals surface area contributed by atoms with Gasteiger partial charge in [0, 0.05) is 25.6 Å². The van der Waals surface area contributed by atoms with Crippen molar-refractivity contribution in [2.45, 2.75) is 65.1 Å². The van der Waals surface area contributed by atoms with E-state index in [9.17, 15) is 13.2 Å².